The maximum absolute atomic E-state index is 16.5. The molecular weight excluding hydrogens is 893 g/mol. The third kappa shape index (κ3) is 5.47. The molecule has 0 aliphatic carbocycles. The molecule has 12 N–H and O–H groups in total. The highest BCUT2D eigenvalue weighted by atomic mass is 16.4. The van der Waals surface area contributed by atoms with E-state index in [2.05, 4.69) is 15.0 Å². The highest BCUT2D eigenvalue weighted by Crippen LogP contribution is 2.61. The molecule has 0 spiro atoms. The lowest BCUT2D eigenvalue weighted by atomic mass is 9.53. The number of benzene rings is 7. The molecule has 1 saturated heterocycles. The van der Waals surface area contributed by atoms with Crippen LogP contribution in [0.2, 0.25) is 0 Å². The summed E-state index contributed by atoms with van der Waals surface area (Å²) in [5.74, 6) is -20.7. The van der Waals surface area contributed by atoms with Crippen LogP contribution < -0.4 is 10.4 Å². The van der Waals surface area contributed by atoms with Gasteiger partial charge in [-0.1, -0.05) is 121 Å². The smallest absolute Gasteiger partial charge is 0.253 e. The van der Waals surface area contributed by atoms with E-state index in [-0.39, 0.29) is 22.3 Å². The van der Waals surface area contributed by atoms with Crippen LogP contribution in [0.1, 0.15) is 22.3 Å². The van der Waals surface area contributed by atoms with Crippen LogP contribution in [0.3, 0.4) is 0 Å². The normalized spacial score (nSPS) is 14.2. The zero-order valence-electron chi connectivity index (χ0n) is 35.0. The third-order valence-electron chi connectivity index (χ3n) is 12.5. The Balaban J connectivity index is 1.42. The molecule has 1 aliphatic rings. The van der Waals surface area contributed by atoms with Crippen molar-refractivity contribution >= 4 is 52.9 Å². The molecule has 2 aromatic heterocycles. The number of phenolic OH excluding ortho intramolecular Hbond substituents is 12. The summed E-state index contributed by atoms with van der Waals surface area (Å²) in [6.45, 7) is 0. The number of amides is 2. The molecule has 19 nitrogen and oxygen atoms in total. The maximum Gasteiger partial charge on any atom is 0.253 e. The lowest BCUT2D eigenvalue weighted by molar-refractivity contribution is -0.122. The minimum absolute atomic E-state index is 0.289. The van der Waals surface area contributed by atoms with E-state index in [0.717, 1.165) is 0 Å². The summed E-state index contributed by atoms with van der Waals surface area (Å²) in [6, 6.07) is 33.3. The van der Waals surface area contributed by atoms with Crippen molar-refractivity contribution in [2.75, 3.05) is 4.90 Å². The molecule has 7 aromatic carbocycles. The number of nitrogens with zero attached hydrogens (tertiary/aromatic N) is 5. The molecule has 1 aliphatic heterocycles. The summed E-state index contributed by atoms with van der Waals surface area (Å²) < 4.78 is 0.529. The molecule has 340 valence electrons. The van der Waals surface area contributed by atoms with Gasteiger partial charge >= 0.3 is 0 Å². The van der Waals surface area contributed by atoms with Gasteiger partial charge in [-0.25, -0.2) is 4.90 Å². The predicted octanol–water partition coefficient (Wildman–Crippen LogP) is 4.74. The van der Waals surface area contributed by atoms with Crippen molar-refractivity contribution in [1.82, 2.24) is 19.5 Å². The third-order valence-corrected chi connectivity index (χ3v) is 12.5. The minimum atomic E-state index is -2.10. The molecule has 0 atom stereocenters. The number of anilines is 1. The fraction of sp³-hybridized carbons (Fsp3) is 0.0408. The van der Waals surface area contributed by atoms with Crippen LogP contribution in [-0.2, 0) is 20.4 Å². The van der Waals surface area contributed by atoms with Gasteiger partial charge in [-0.05, 0) is 27.7 Å². The molecule has 9 aromatic rings. The van der Waals surface area contributed by atoms with Crippen LogP contribution in [-0.4, -0.2) is 100 Å². The first kappa shape index (κ1) is 43.1. The van der Waals surface area contributed by atoms with E-state index in [1.807, 2.05) is 0 Å². The summed E-state index contributed by atoms with van der Waals surface area (Å²) in [6.07, 6.45) is 0. The highest BCUT2D eigenvalue weighted by Gasteiger charge is 2.73. The van der Waals surface area contributed by atoms with Crippen LogP contribution >= 0.6 is 0 Å². The van der Waals surface area contributed by atoms with E-state index in [1.54, 1.807) is 121 Å². The number of phenols is 12. The average molecular weight is 926 g/mol. The second kappa shape index (κ2) is 15.1. The lowest BCUT2D eigenvalue weighted by Gasteiger charge is -2.43. The summed E-state index contributed by atoms with van der Waals surface area (Å²) in [5, 5.41) is 132. The van der Waals surface area contributed by atoms with Crippen molar-refractivity contribution in [3.05, 3.63) is 144 Å². The molecule has 10 rings (SSSR count). The quantitative estimate of drug-likeness (QED) is 0.0444. The number of fused-ring (bicyclic) bond motifs is 3. The standard InChI is InChI=1S/C49H32BN5O14/c50-28-35(60)33(58)27(34(59)36(28)61)43-51-46(54-29-25(31(56)39(64)41(66)37(29)62)26-30(54)38(63)42(67)40(65)32(26)57)53-47(52-43)55-44(68)48(21-13-5-1-6-14-21,22-15-7-2-8-16-22)49(45(55)69,23-17-9-3-10-18-23)24-19-11-4-12-20-24/h1-20,56-67H. The Hall–Kier alpha value is -9.85. The van der Waals surface area contributed by atoms with Crippen LogP contribution in [0.15, 0.2) is 121 Å². The Labute approximate surface area is 387 Å². The van der Waals surface area contributed by atoms with Crippen molar-refractivity contribution in [3.8, 4) is 86.3 Å². The van der Waals surface area contributed by atoms with Gasteiger partial charge in [0.15, 0.2) is 51.8 Å². The second-order valence-electron chi connectivity index (χ2n) is 15.9. The van der Waals surface area contributed by atoms with Gasteiger partial charge in [-0.15, -0.1) is 0 Å². The van der Waals surface area contributed by atoms with E-state index >= 15 is 9.59 Å². The molecule has 0 saturated carbocycles. The van der Waals surface area contributed by atoms with Crippen molar-refractivity contribution < 1.29 is 70.9 Å². The Bertz CT molecular complexity index is 3370. The number of carbonyl (C=O) groups excluding carboxylic acids is 2. The summed E-state index contributed by atoms with van der Waals surface area (Å²) in [7, 11) is 5.76. The first-order valence-corrected chi connectivity index (χ1v) is 20.5. The Kier molecular flexibility index (Phi) is 9.43. The zero-order valence-corrected chi connectivity index (χ0v) is 35.0. The maximum atomic E-state index is 16.5. The molecular formula is C49H32BN5O14. The van der Waals surface area contributed by atoms with Crippen molar-refractivity contribution in [2.45, 2.75) is 10.8 Å². The molecule has 2 radical (unpaired) electrons. The molecule has 0 unspecified atom stereocenters. The number of hydrogen-bond donors (Lipinski definition) is 12. The minimum Gasteiger partial charge on any atom is -0.505 e. The summed E-state index contributed by atoms with van der Waals surface area (Å²) in [4.78, 5) is 46.7. The van der Waals surface area contributed by atoms with Gasteiger partial charge in [-0.3, -0.25) is 14.2 Å². The van der Waals surface area contributed by atoms with Gasteiger partial charge in [0.25, 0.3) is 11.8 Å². The van der Waals surface area contributed by atoms with Crippen molar-refractivity contribution in [1.29, 1.82) is 0 Å². The number of imide groups is 1. The lowest BCUT2D eigenvalue weighted by Crippen LogP contribution is -2.53. The monoisotopic (exact) mass is 925 g/mol. The van der Waals surface area contributed by atoms with Crippen LogP contribution in [0.5, 0.6) is 69.0 Å². The molecule has 1 fully saturated rings. The van der Waals surface area contributed by atoms with Gasteiger partial charge in [0.2, 0.25) is 34.9 Å². The fourth-order valence-corrected chi connectivity index (χ4v) is 9.56. The van der Waals surface area contributed by atoms with Crippen LogP contribution in [0.25, 0.3) is 39.1 Å². The van der Waals surface area contributed by atoms with E-state index < -0.39 is 142 Å². The number of carbonyl (C=O) groups is 2. The van der Waals surface area contributed by atoms with E-state index in [4.69, 9.17) is 7.85 Å². The highest BCUT2D eigenvalue weighted by molar-refractivity contribution is 6.37. The van der Waals surface area contributed by atoms with Gasteiger partial charge in [0.05, 0.1) is 10.8 Å². The fourth-order valence-electron chi connectivity index (χ4n) is 9.56. The number of aromatic hydroxyl groups is 12. The number of aromatic nitrogens is 4. The van der Waals surface area contributed by atoms with Gasteiger partial charge in [0.1, 0.15) is 35.3 Å². The van der Waals surface area contributed by atoms with Gasteiger partial charge in [0, 0.05) is 0 Å². The SMILES string of the molecule is [B]c1c(O)c(O)c(-c2nc(N3C(=O)C(c4ccccc4)(c4ccccc4)C(c4ccccc4)(c4ccccc4)C3=O)nc(-n3c4c(O)c(O)c(O)c(O)c4c4c(O)c(O)c(O)c(O)c43)n2)c(O)c1O. The Morgan fingerprint density at radius 3 is 1.04 bits per heavy atom. The summed E-state index contributed by atoms with van der Waals surface area (Å²) >= 11 is 0. The van der Waals surface area contributed by atoms with E-state index in [0.29, 0.717) is 9.47 Å². The van der Waals surface area contributed by atoms with E-state index in [9.17, 15) is 61.3 Å². The average Bonchev–Trinajstić information content (AvgIpc) is 3.84. The Morgan fingerprint density at radius 2 is 0.696 bits per heavy atom. The van der Waals surface area contributed by atoms with Crippen LogP contribution in [0, 0.1) is 0 Å². The number of rotatable bonds is 7. The molecule has 0 bridgehead atoms. The largest absolute Gasteiger partial charge is 0.505 e. The van der Waals surface area contributed by atoms with Gasteiger partial charge in [-0.2, -0.15) is 15.0 Å². The second-order valence-corrected chi connectivity index (χ2v) is 15.9. The molecule has 69 heavy (non-hydrogen) atoms. The molecule has 20 heteroatoms. The first-order chi connectivity index (χ1) is 33.0. The summed E-state index contributed by atoms with van der Waals surface area (Å²) in [5.41, 5.74) is -6.75. The van der Waals surface area contributed by atoms with Crippen LogP contribution in [0.4, 0.5) is 5.95 Å². The van der Waals surface area contributed by atoms with Gasteiger partial charge < -0.3 is 61.3 Å². The van der Waals surface area contributed by atoms with Crippen molar-refractivity contribution in [3.63, 3.8) is 0 Å². The zero-order chi connectivity index (χ0) is 49.0. The predicted molar refractivity (Wildman–Crippen MR) is 245 cm³/mol. The molecule has 2 amide bonds. The van der Waals surface area contributed by atoms with E-state index in [1.165, 1.54) is 0 Å². The topological polar surface area (TPSA) is 324 Å². The first-order valence-electron chi connectivity index (χ1n) is 20.5. The Morgan fingerprint density at radius 1 is 0.377 bits per heavy atom. The van der Waals surface area contributed by atoms with Crippen molar-refractivity contribution in [2.24, 2.45) is 0 Å². The molecule has 3 heterocycles. The number of hydrogen-bond acceptors (Lipinski definition) is 17.